The highest BCUT2D eigenvalue weighted by Gasteiger charge is 2.32. The van der Waals surface area contributed by atoms with Gasteiger partial charge in [0, 0.05) is 56.1 Å². The van der Waals surface area contributed by atoms with Crippen LogP contribution in [0.2, 0.25) is 0 Å². The molecule has 5 nitrogen and oxygen atoms in total. The maximum Gasteiger partial charge on any atom is 0.232 e. The fourth-order valence-corrected chi connectivity index (χ4v) is 4.51. The Bertz CT molecular complexity index is 1050. The lowest BCUT2D eigenvalue weighted by Crippen LogP contribution is -2.48. The van der Waals surface area contributed by atoms with Gasteiger partial charge >= 0.3 is 0 Å². The first kappa shape index (κ1) is 20.5. The van der Waals surface area contributed by atoms with E-state index in [9.17, 15) is 9.18 Å². The first-order chi connectivity index (χ1) is 15.7. The van der Waals surface area contributed by atoms with Crippen molar-refractivity contribution in [2.24, 2.45) is 0 Å². The fourth-order valence-electron chi connectivity index (χ4n) is 4.51. The van der Waals surface area contributed by atoms with Crippen LogP contribution in [0.15, 0.2) is 72.8 Å². The molecule has 0 atom stereocenters. The van der Waals surface area contributed by atoms with Gasteiger partial charge in [0.2, 0.25) is 5.91 Å². The minimum absolute atomic E-state index is 0.00171. The van der Waals surface area contributed by atoms with Gasteiger partial charge in [0.05, 0.1) is 5.92 Å². The summed E-state index contributed by atoms with van der Waals surface area (Å²) in [6.45, 7) is 5.00. The Balaban J connectivity index is 1.17. The number of hydrogen-bond donors (Lipinski definition) is 1. The molecule has 5 rings (SSSR count). The summed E-state index contributed by atoms with van der Waals surface area (Å²) in [5, 5.41) is 3.14. The van der Waals surface area contributed by atoms with Crippen molar-refractivity contribution in [3.8, 4) is 11.5 Å². The molecular weight excluding hydrogens is 405 g/mol. The topological polar surface area (TPSA) is 44.8 Å². The van der Waals surface area contributed by atoms with E-state index in [0.717, 1.165) is 61.0 Å². The van der Waals surface area contributed by atoms with E-state index in [4.69, 9.17) is 4.74 Å². The van der Waals surface area contributed by atoms with Crippen molar-refractivity contribution in [3.63, 3.8) is 0 Å². The molecule has 3 aromatic rings. The summed E-state index contributed by atoms with van der Waals surface area (Å²) in [7, 11) is 0. The van der Waals surface area contributed by atoms with E-state index < -0.39 is 0 Å². The van der Waals surface area contributed by atoms with E-state index in [2.05, 4.69) is 15.1 Å². The number of fused-ring (bicyclic) bond motifs is 2. The van der Waals surface area contributed by atoms with Gasteiger partial charge in [-0.3, -0.25) is 9.69 Å². The molecular formula is C26H26FN3O2. The van der Waals surface area contributed by atoms with Crippen LogP contribution >= 0.6 is 0 Å². The molecule has 0 saturated carbocycles. The third kappa shape index (κ3) is 4.18. The average molecular weight is 432 g/mol. The molecule has 1 N–H and O–H groups in total. The second-order valence-electron chi connectivity index (χ2n) is 8.21. The standard InChI is InChI=1S/C26H26FN3O2/c27-19-9-11-20(12-10-19)30-17-15-29(16-18-30)14-13-28-26(31)25-21-5-1-3-7-23(21)32-24-8-4-2-6-22(24)25/h1-12,25H,13-18H2,(H,28,31). The van der Waals surface area contributed by atoms with Crippen LogP contribution in [0.25, 0.3) is 0 Å². The third-order valence-corrected chi connectivity index (χ3v) is 6.23. The van der Waals surface area contributed by atoms with Gasteiger partial charge in [0.25, 0.3) is 0 Å². The third-order valence-electron chi connectivity index (χ3n) is 6.23. The zero-order valence-electron chi connectivity index (χ0n) is 17.8. The predicted octanol–water partition coefficient (Wildman–Crippen LogP) is 4.00. The molecule has 0 aromatic heterocycles. The smallest absolute Gasteiger partial charge is 0.232 e. The Morgan fingerprint density at radius 3 is 2.09 bits per heavy atom. The van der Waals surface area contributed by atoms with Crippen LogP contribution in [-0.2, 0) is 4.79 Å². The summed E-state index contributed by atoms with van der Waals surface area (Å²) >= 11 is 0. The number of nitrogens with one attached hydrogen (secondary N) is 1. The number of nitrogens with zero attached hydrogens (tertiary/aromatic N) is 2. The van der Waals surface area contributed by atoms with Crippen molar-refractivity contribution >= 4 is 11.6 Å². The lowest BCUT2D eigenvalue weighted by molar-refractivity contribution is -0.121. The molecule has 2 heterocycles. The summed E-state index contributed by atoms with van der Waals surface area (Å²) in [6, 6.07) is 22.1. The molecule has 1 saturated heterocycles. The van der Waals surface area contributed by atoms with Gasteiger partial charge < -0.3 is 15.0 Å². The molecule has 6 heteroatoms. The van der Waals surface area contributed by atoms with Crippen LogP contribution in [0.1, 0.15) is 17.0 Å². The van der Waals surface area contributed by atoms with Crippen LogP contribution < -0.4 is 15.0 Å². The van der Waals surface area contributed by atoms with Gasteiger partial charge in [-0.1, -0.05) is 36.4 Å². The quantitative estimate of drug-likeness (QED) is 0.663. The Morgan fingerprint density at radius 2 is 1.47 bits per heavy atom. The van der Waals surface area contributed by atoms with Gasteiger partial charge in [-0.25, -0.2) is 4.39 Å². The number of rotatable bonds is 5. The Hall–Kier alpha value is -3.38. The minimum Gasteiger partial charge on any atom is -0.457 e. The van der Waals surface area contributed by atoms with Crippen molar-refractivity contribution in [1.29, 1.82) is 0 Å². The maximum absolute atomic E-state index is 13.2. The molecule has 0 bridgehead atoms. The average Bonchev–Trinajstić information content (AvgIpc) is 2.83. The molecule has 0 spiro atoms. The summed E-state index contributed by atoms with van der Waals surface area (Å²) in [5.74, 6) is 0.897. The molecule has 2 aliphatic heterocycles. The molecule has 0 unspecified atom stereocenters. The van der Waals surface area contributed by atoms with E-state index in [0.29, 0.717) is 6.54 Å². The van der Waals surface area contributed by atoms with E-state index in [1.54, 1.807) is 0 Å². The Kier molecular flexibility index (Phi) is 5.77. The Labute approximate surface area is 187 Å². The summed E-state index contributed by atoms with van der Waals surface area (Å²) < 4.78 is 19.1. The normalized spacial score (nSPS) is 16.1. The Morgan fingerprint density at radius 1 is 0.875 bits per heavy atom. The molecule has 3 aromatic carbocycles. The van der Waals surface area contributed by atoms with Crippen molar-refractivity contribution in [2.75, 3.05) is 44.2 Å². The second kappa shape index (κ2) is 9.01. The van der Waals surface area contributed by atoms with Gasteiger partial charge in [0.1, 0.15) is 17.3 Å². The number of ether oxygens (including phenoxy) is 1. The number of piperazine rings is 1. The molecule has 1 amide bonds. The first-order valence-corrected chi connectivity index (χ1v) is 11.1. The number of carbonyl (C=O) groups excluding carboxylic acids is 1. The zero-order chi connectivity index (χ0) is 21.9. The van der Waals surface area contributed by atoms with E-state index in [1.807, 2.05) is 60.7 Å². The number of carbonyl (C=O) groups is 1. The summed E-state index contributed by atoms with van der Waals surface area (Å²) in [5.41, 5.74) is 2.85. The number of amides is 1. The summed E-state index contributed by atoms with van der Waals surface area (Å²) in [6.07, 6.45) is 0. The number of anilines is 1. The van der Waals surface area contributed by atoms with Crippen LogP contribution in [-0.4, -0.2) is 50.1 Å². The van der Waals surface area contributed by atoms with Crippen molar-refractivity contribution in [1.82, 2.24) is 10.2 Å². The van der Waals surface area contributed by atoms with E-state index in [-0.39, 0.29) is 17.6 Å². The van der Waals surface area contributed by atoms with E-state index >= 15 is 0 Å². The molecule has 32 heavy (non-hydrogen) atoms. The highest BCUT2D eigenvalue weighted by Crippen LogP contribution is 2.43. The van der Waals surface area contributed by atoms with Crippen molar-refractivity contribution in [2.45, 2.75) is 5.92 Å². The lowest BCUT2D eigenvalue weighted by atomic mass is 9.87. The van der Waals surface area contributed by atoms with Gasteiger partial charge in [-0.2, -0.15) is 0 Å². The van der Waals surface area contributed by atoms with Crippen LogP contribution in [0.3, 0.4) is 0 Å². The highest BCUT2D eigenvalue weighted by molar-refractivity contribution is 5.89. The van der Waals surface area contributed by atoms with Gasteiger partial charge in [0.15, 0.2) is 0 Å². The largest absolute Gasteiger partial charge is 0.457 e. The number of halogens is 1. The van der Waals surface area contributed by atoms with Crippen LogP contribution in [0.5, 0.6) is 11.5 Å². The minimum atomic E-state index is -0.369. The highest BCUT2D eigenvalue weighted by atomic mass is 19.1. The monoisotopic (exact) mass is 431 g/mol. The molecule has 164 valence electrons. The number of benzene rings is 3. The second-order valence-corrected chi connectivity index (χ2v) is 8.21. The molecule has 0 aliphatic carbocycles. The fraction of sp³-hybridized carbons (Fsp3) is 0.269. The molecule has 1 fully saturated rings. The zero-order valence-corrected chi connectivity index (χ0v) is 17.8. The van der Waals surface area contributed by atoms with Crippen LogP contribution in [0, 0.1) is 5.82 Å². The number of para-hydroxylation sites is 2. The number of hydrogen-bond acceptors (Lipinski definition) is 4. The van der Waals surface area contributed by atoms with E-state index in [1.165, 1.54) is 12.1 Å². The van der Waals surface area contributed by atoms with Crippen molar-refractivity contribution < 1.29 is 13.9 Å². The molecule has 0 radical (unpaired) electrons. The SMILES string of the molecule is O=C(NCCN1CCN(c2ccc(F)cc2)CC1)C1c2ccccc2Oc2ccccc21. The first-order valence-electron chi connectivity index (χ1n) is 11.1. The van der Waals surface area contributed by atoms with Crippen LogP contribution in [0.4, 0.5) is 10.1 Å². The summed E-state index contributed by atoms with van der Waals surface area (Å²) in [4.78, 5) is 17.8. The molecule has 2 aliphatic rings. The lowest BCUT2D eigenvalue weighted by Gasteiger charge is -2.36. The van der Waals surface area contributed by atoms with Gasteiger partial charge in [-0.15, -0.1) is 0 Å². The van der Waals surface area contributed by atoms with Crippen molar-refractivity contribution in [3.05, 3.63) is 89.7 Å². The predicted molar refractivity (Wildman–Crippen MR) is 123 cm³/mol. The maximum atomic E-state index is 13.2. The van der Waals surface area contributed by atoms with Gasteiger partial charge in [-0.05, 0) is 36.4 Å².